The highest BCUT2D eigenvalue weighted by Gasteiger charge is 2.20. The fourth-order valence-electron chi connectivity index (χ4n) is 2.72. The molecular weight excluding hydrogens is 220 g/mol. The zero-order valence-corrected chi connectivity index (χ0v) is 10.8. The van der Waals surface area contributed by atoms with Crippen LogP contribution in [0.25, 0.3) is 0 Å². The third kappa shape index (κ3) is 1.76. The SMILES string of the molecule is Cc1ccc2c(c1)CCc1cc(C)ccc1C2=O. The van der Waals surface area contributed by atoms with E-state index >= 15 is 0 Å². The maximum Gasteiger partial charge on any atom is 0.193 e. The van der Waals surface area contributed by atoms with Crippen molar-refractivity contribution >= 4 is 5.78 Å². The fraction of sp³-hybridized carbons (Fsp3) is 0.235. The molecule has 0 atom stereocenters. The van der Waals surface area contributed by atoms with E-state index in [-0.39, 0.29) is 5.78 Å². The molecule has 2 aromatic carbocycles. The van der Waals surface area contributed by atoms with E-state index in [1.54, 1.807) is 0 Å². The maximum absolute atomic E-state index is 12.6. The van der Waals surface area contributed by atoms with Crippen LogP contribution in [0.4, 0.5) is 0 Å². The number of hydrogen-bond acceptors (Lipinski definition) is 1. The van der Waals surface area contributed by atoms with E-state index in [1.807, 2.05) is 24.3 Å². The fourth-order valence-corrected chi connectivity index (χ4v) is 2.72. The van der Waals surface area contributed by atoms with Crippen LogP contribution in [0.3, 0.4) is 0 Å². The van der Waals surface area contributed by atoms with Crippen molar-refractivity contribution in [3.05, 3.63) is 69.8 Å². The van der Waals surface area contributed by atoms with Gasteiger partial charge in [0.15, 0.2) is 5.78 Å². The van der Waals surface area contributed by atoms with Crippen LogP contribution in [0.1, 0.15) is 38.2 Å². The Morgan fingerprint density at radius 3 is 1.67 bits per heavy atom. The van der Waals surface area contributed by atoms with E-state index in [0.717, 1.165) is 24.0 Å². The predicted octanol–water partition coefficient (Wildman–Crippen LogP) is 3.63. The molecule has 1 aliphatic carbocycles. The van der Waals surface area contributed by atoms with Crippen LogP contribution in [0.2, 0.25) is 0 Å². The first-order chi connectivity index (χ1) is 8.65. The third-order valence-electron chi connectivity index (χ3n) is 3.67. The van der Waals surface area contributed by atoms with Gasteiger partial charge in [-0.05, 0) is 37.8 Å². The van der Waals surface area contributed by atoms with Gasteiger partial charge in [-0.1, -0.05) is 47.5 Å². The summed E-state index contributed by atoms with van der Waals surface area (Å²) in [5.41, 5.74) is 6.58. The molecule has 0 radical (unpaired) electrons. The molecule has 18 heavy (non-hydrogen) atoms. The molecule has 0 saturated carbocycles. The lowest BCUT2D eigenvalue weighted by Gasteiger charge is -2.06. The lowest BCUT2D eigenvalue weighted by molar-refractivity contribution is 0.103. The van der Waals surface area contributed by atoms with Gasteiger partial charge in [0.1, 0.15) is 0 Å². The number of hydrogen-bond donors (Lipinski definition) is 0. The lowest BCUT2D eigenvalue weighted by Crippen LogP contribution is -2.04. The monoisotopic (exact) mass is 236 g/mol. The minimum absolute atomic E-state index is 0.178. The predicted molar refractivity (Wildman–Crippen MR) is 73.2 cm³/mol. The zero-order valence-electron chi connectivity index (χ0n) is 10.8. The summed E-state index contributed by atoms with van der Waals surface area (Å²) in [5.74, 6) is 0.178. The van der Waals surface area contributed by atoms with Crippen LogP contribution < -0.4 is 0 Å². The van der Waals surface area contributed by atoms with E-state index < -0.39 is 0 Å². The Labute approximate surface area is 107 Å². The Balaban J connectivity index is 2.18. The molecule has 1 heteroatoms. The molecule has 0 fully saturated rings. The summed E-state index contributed by atoms with van der Waals surface area (Å²) in [6.07, 6.45) is 1.92. The summed E-state index contributed by atoms with van der Waals surface area (Å²) >= 11 is 0. The molecular formula is C17H16O. The number of aryl methyl sites for hydroxylation is 4. The van der Waals surface area contributed by atoms with Crippen molar-refractivity contribution in [1.82, 2.24) is 0 Å². The molecule has 0 aliphatic heterocycles. The average molecular weight is 236 g/mol. The number of ketones is 1. The molecule has 0 aromatic heterocycles. The summed E-state index contributed by atoms with van der Waals surface area (Å²) in [5, 5.41) is 0. The van der Waals surface area contributed by atoms with Gasteiger partial charge in [0.25, 0.3) is 0 Å². The molecule has 0 amide bonds. The van der Waals surface area contributed by atoms with E-state index in [0.29, 0.717) is 0 Å². The first-order valence-corrected chi connectivity index (χ1v) is 6.39. The first kappa shape index (κ1) is 11.2. The van der Waals surface area contributed by atoms with Gasteiger partial charge in [0, 0.05) is 11.1 Å². The Morgan fingerprint density at radius 2 is 1.22 bits per heavy atom. The summed E-state index contributed by atoms with van der Waals surface area (Å²) in [6.45, 7) is 4.15. The molecule has 1 aliphatic rings. The Hall–Kier alpha value is -1.89. The molecule has 90 valence electrons. The topological polar surface area (TPSA) is 17.1 Å². The van der Waals surface area contributed by atoms with E-state index in [2.05, 4.69) is 26.0 Å². The van der Waals surface area contributed by atoms with E-state index in [4.69, 9.17) is 0 Å². The molecule has 3 rings (SSSR count). The van der Waals surface area contributed by atoms with Crippen LogP contribution in [-0.4, -0.2) is 5.78 Å². The van der Waals surface area contributed by atoms with Crippen molar-refractivity contribution in [2.75, 3.05) is 0 Å². The number of fused-ring (bicyclic) bond motifs is 2. The standard InChI is InChI=1S/C17H16O/c1-11-3-7-15-13(9-11)5-6-14-10-12(2)4-8-16(14)17(15)18/h3-4,7-10H,5-6H2,1-2H3. The Bertz CT molecular complexity index is 583. The van der Waals surface area contributed by atoms with E-state index in [1.165, 1.54) is 22.3 Å². The molecule has 0 spiro atoms. The second-order valence-corrected chi connectivity index (χ2v) is 5.15. The van der Waals surface area contributed by atoms with Gasteiger partial charge in [0.2, 0.25) is 0 Å². The van der Waals surface area contributed by atoms with E-state index in [9.17, 15) is 4.79 Å². The van der Waals surface area contributed by atoms with Crippen LogP contribution in [0, 0.1) is 13.8 Å². The maximum atomic E-state index is 12.6. The molecule has 1 nitrogen and oxygen atoms in total. The van der Waals surface area contributed by atoms with Crippen LogP contribution in [0.5, 0.6) is 0 Å². The van der Waals surface area contributed by atoms with Crippen LogP contribution in [-0.2, 0) is 12.8 Å². The first-order valence-electron chi connectivity index (χ1n) is 6.39. The smallest absolute Gasteiger partial charge is 0.193 e. The average Bonchev–Trinajstić information content (AvgIpc) is 2.47. The minimum atomic E-state index is 0.178. The van der Waals surface area contributed by atoms with Crippen molar-refractivity contribution in [3.8, 4) is 0 Å². The van der Waals surface area contributed by atoms with Crippen LogP contribution >= 0.6 is 0 Å². The van der Waals surface area contributed by atoms with Crippen molar-refractivity contribution in [2.24, 2.45) is 0 Å². The molecule has 0 bridgehead atoms. The molecule has 0 heterocycles. The van der Waals surface area contributed by atoms with Crippen LogP contribution in [0.15, 0.2) is 36.4 Å². The van der Waals surface area contributed by atoms with Gasteiger partial charge in [-0.25, -0.2) is 0 Å². The van der Waals surface area contributed by atoms with Crippen molar-refractivity contribution in [2.45, 2.75) is 26.7 Å². The van der Waals surface area contributed by atoms with Gasteiger partial charge >= 0.3 is 0 Å². The van der Waals surface area contributed by atoms with Gasteiger partial charge in [-0.3, -0.25) is 4.79 Å². The quantitative estimate of drug-likeness (QED) is 0.682. The molecule has 2 aromatic rings. The van der Waals surface area contributed by atoms with Gasteiger partial charge in [-0.2, -0.15) is 0 Å². The highest BCUT2D eigenvalue weighted by atomic mass is 16.1. The largest absolute Gasteiger partial charge is 0.289 e. The second kappa shape index (κ2) is 4.09. The van der Waals surface area contributed by atoms with Crippen molar-refractivity contribution in [1.29, 1.82) is 0 Å². The summed E-state index contributed by atoms with van der Waals surface area (Å²) in [4.78, 5) is 12.6. The van der Waals surface area contributed by atoms with Crippen molar-refractivity contribution in [3.63, 3.8) is 0 Å². The van der Waals surface area contributed by atoms with Crippen molar-refractivity contribution < 1.29 is 4.79 Å². The molecule has 0 N–H and O–H groups in total. The summed E-state index contributed by atoms with van der Waals surface area (Å²) in [6, 6.07) is 12.3. The highest BCUT2D eigenvalue weighted by molar-refractivity contribution is 6.11. The zero-order chi connectivity index (χ0) is 12.7. The summed E-state index contributed by atoms with van der Waals surface area (Å²) in [7, 11) is 0. The number of carbonyl (C=O) groups excluding carboxylic acids is 1. The normalized spacial score (nSPS) is 13.8. The Kier molecular flexibility index (Phi) is 2.55. The van der Waals surface area contributed by atoms with Gasteiger partial charge in [-0.15, -0.1) is 0 Å². The van der Waals surface area contributed by atoms with Gasteiger partial charge < -0.3 is 0 Å². The van der Waals surface area contributed by atoms with Gasteiger partial charge in [0.05, 0.1) is 0 Å². The second-order valence-electron chi connectivity index (χ2n) is 5.15. The summed E-state index contributed by atoms with van der Waals surface area (Å²) < 4.78 is 0. The lowest BCUT2D eigenvalue weighted by atomic mass is 9.97. The highest BCUT2D eigenvalue weighted by Crippen LogP contribution is 2.25. The number of carbonyl (C=O) groups is 1. The molecule has 0 unspecified atom stereocenters. The number of benzene rings is 2. The number of rotatable bonds is 0. The molecule has 0 saturated heterocycles. The third-order valence-corrected chi connectivity index (χ3v) is 3.67. The Morgan fingerprint density at radius 1 is 0.778 bits per heavy atom. The minimum Gasteiger partial charge on any atom is -0.289 e.